The van der Waals surface area contributed by atoms with E-state index in [1.807, 2.05) is 60.5 Å². The first-order valence-electron chi connectivity index (χ1n) is 6.82. The molecule has 1 aliphatic heterocycles. The fourth-order valence-electron chi connectivity index (χ4n) is 2.41. The van der Waals surface area contributed by atoms with E-state index in [0.717, 1.165) is 21.5 Å². The topological polar surface area (TPSA) is 36.5 Å². The summed E-state index contributed by atoms with van der Waals surface area (Å²) in [6, 6.07) is 15.9. The van der Waals surface area contributed by atoms with E-state index in [4.69, 9.17) is 17.0 Å². The zero-order valence-corrected chi connectivity index (χ0v) is 14.7. The minimum atomic E-state index is -0.487. The number of ether oxygens (including phenoxy) is 1. The molecule has 1 unspecified atom stereocenters. The second-order valence-corrected chi connectivity index (χ2v) is 6.51. The minimum Gasteiger partial charge on any atom is -0.497 e. The Bertz CT molecular complexity index is 707. The molecule has 3 rings (SSSR count). The van der Waals surface area contributed by atoms with Crippen LogP contribution in [0.25, 0.3) is 0 Å². The van der Waals surface area contributed by atoms with Gasteiger partial charge in [0.2, 0.25) is 0 Å². The molecule has 0 amide bonds. The lowest BCUT2D eigenvalue weighted by atomic mass is 10.0. The van der Waals surface area contributed by atoms with Gasteiger partial charge in [0, 0.05) is 4.47 Å². The molecule has 1 aliphatic rings. The van der Waals surface area contributed by atoms with Gasteiger partial charge in [-0.25, -0.2) is 5.01 Å². The Labute approximate surface area is 143 Å². The average Bonchev–Trinajstić information content (AvgIpc) is 2.84. The first kappa shape index (κ1) is 15.3. The maximum absolute atomic E-state index is 5.47. The van der Waals surface area contributed by atoms with E-state index in [1.165, 1.54) is 0 Å². The van der Waals surface area contributed by atoms with Gasteiger partial charge in [0.15, 0.2) is 5.11 Å². The summed E-state index contributed by atoms with van der Waals surface area (Å²) in [5.41, 5.74) is 4.97. The van der Waals surface area contributed by atoms with Crippen molar-refractivity contribution in [3.63, 3.8) is 0 Å². The number of nitrogens with one attached hydrogen (secondary N) is 2. The molecule has 0 aromatic heterocycles. The van der Waals surface area contributed by atoms with Crippen molar-refractivity contribution in [3.05, 3.63) is 58.6 Å². The van der Waals surface area contributed by atoms with Crippen LogP contribution in [0.3, 0.4) is 0 Å². The molecule has 0 radical (unpaired) electrons. The van der Waals surface area contributed by atoms with Crippen molar-refractivity contribution >= 4 is 38.9 Å². The van der Waals surface area contributed by atoms with Gasteiger partial charge in [-0.3, -0.25) is 0 Å². The second-order valence-electron chi connectivity index (χ2n) is 5.21. The number of hydrogen-bond donors (Lipinski definition) is 2. The summed E-state index contributed by atoms with van der Waals surface area (Å²) in [6.45, 7) is 2.05. The third-order valence-electron chi connectivity index (χ3n) is 3.63. The maximum atomic E-state index is 5.47. The van der Waals surface area contributed by atoms with Crippen molar-refractivity contribution in [2.24, 2.45) is 0 Å². The Balaban J connectivity index is 1.90. The molecule has 1 atom stereocenters. The maximum Gasteiger partial charge on any atom is 0.190 e. The van der Waals surface area contributed by atoms with Gasteiger partial charge in [-0.05, 0) is 61.1 Å². The Kier molecular flexibility index (Phi) is 4.08. The number of benzene rings is 2. The van der Waals surface area contributed by atoms with Crippen LogP contribution >= 0.6 is 28.1 Å². The number of hydrazine groups is 1. The van der Waals surface area contributed by atoms with Crippen LogP contribution in [-0.4, -0.2) is 12.2 Å². The molecule has 1 heterocycles. The van der Waals surface area contributed by atoms with E-state index in [2.05, 4.69) is 26.7 Å². The van der Waals surface area contributed by atoms with Gasteiger partial charge in [-0.15, -0.1) is 0 Å². The summed E-state index contributed by atoms with van der Waals surface area (Å²) >= 11 is 8.92. The van der Waals surface area contributed by atoms with E-state index in [-0.39, 0.29) is 0 Å². The fourth-order valence-corrected chi connectivity index (χ4v) is 3.03. The molecule has 2 aromatic carbocycles. The van der Waals surface area contributed by atoms with Gasteiger partial charge in [-0.2, -0.15) is 5.43 Å². The van der Waals surface area contributed by atoms with Crippen molar-refractivity contribution in [1.29, 1.82) is 0 Å². The van der Waals surface area contributed by atoms with Crippen LogP contribution in [0.5, 0.6) is 5.75 Å². The molecule has 0 saturated carbocycles. The highest BCUT2D eigenvalue weighted by molar-refractivity contribution is 9.10. The minimum absolute atomic E-state index is 0.487. The number of halogens is 1. The Morgan fingerprint density at radius 3 is 2.59 bits per heavy atom. The molecule has 22 heavy (non-hydrogen) atoms. The largest absolute Gasteiger partial charge is 0.497 e. The molecular weight excluding hydrogens is 362 g/mol. The van der Waals surface area contributed by atoms with Crippen LogP contribution in [0.15, 0.2) is 53.0 Å². The standard InChI is InChI=1S/C16H16BrN3OS/c1-16(11-4-3-5-14(10-11)21-2)18-15(22)20(19-16)13-8-6-12(17)7-9-13/h3-10,19H,1-2H3,(H,18,22). The lowest BCUT2D eigenvalue weighted by Gasteiger charge is -2.26. The summed E-state index contributed by atoms with van der Waals surface area (Å²) in [5, 5.41) is 5.85. The number of hydrogen-bond acceptors (Lipinski definition) is 3. The smallest absolute Gasteiger partial charge is 0.190 e. The van der Waals surface area contributed by atoms with E-state index >= 15 is 0 Å². The predicted molar refractivity (Wildman–Crippen MR) is 95.8 cm³/mol. The Hall–Kier alpha value is -1.63. The van der Waals surface area contributed by atoms with E-state index in [0.29, 0.717) is 5.11 Å². The molecule has 0 spiro atoms. The van der Waals surface area contributed by atoms with Gasteiger partial charge in [0.25, 0.3) is 0 Å². The van der Waals surface area contributed by atoms with Crippen LogP contribution < -0.4 is 20.5 Å². The molecule has 0 bridgehead atoms. The monoisotopic (exact) mass is 377 g/mol. The van der Waals surface area contributed by atoms with E-state index in [9.17, 15) is 0 Å². The van der Waals surface area contributed by atoms with Gasteiger partial charge in [0.1, 0.15) is 11.4 Å². The van der Waals surface area contributed by atoms with Crippen LogP contribution in [0.1, 0.15) is 12.5 Å². The summed E-state index contributed by atoms with van der Waals surface area (Å²) in [4.78, 5) is 0. The SMILES string of the molecule is COc1cccc(C2(C)NC(=S)N(c3ccc(Br)cc3)N2)c1. The molecule has 4 nitrogen and oxygen atoms in total. The number of thiocarbonyl (C=S) groups is 1. The third kappa shape index (κ3) is 2.82. The predicted octanol–water partition coefficient (Wildman–Crippen LogP) is 3.53. The summed E-state index contributed by atoms with van der Waals surface area (Å²) in [7, 11) is 1.66. The molecule has 2 N–H and O–H groups in total. The molecule has 1 saturated heterocycles. The van der Waals surface area contributed by atoms with Gasteiger partial charge >= 0.3 is 0 Å². The van der Waals surface area contributed by atoms with E-state index in [1.54, 1.807) is 7.11 Å². The van der Waals surface area contributed by atoms with Crippen molar-refractivity contribution < 1.29 is 4.74 Å². The highest BCUT2D eigenvalue weighted by Crippen LogP contribution is 2.29. The first-order chi connectivity index (χ1) is 10.5. The van der Waals surface area contributed by atoms with Crippen LogP contribution in [-0.2, 0) is 5.66 Å². The van der Waals surface area contributed by atoms with Crippen LogP contribution in [0, 0.1) is 0 Å². The summed E-state index contributed by atoms with van der Waals surface area (Å²) < 4.78 is 6.34. The zero-order valence-electron chi connectivity index (χ0n) is 12.3. The normalized spacial score (nSPS) is 20.9. The van der Waals surface area contributed by atoms with Crippen molar-refractivity contribution in [3.8, 4) is 5.75 Å². The summed E-state index contributed by atoms with van der Waals surface area (Å²) in [6.07, 6.45) is 0. The summed E-state index contributed by atoms with van der Waals surface area (Å²) in [5.74, 6) is 0.815. The van der Waals surface area contributed by atoms with Gasteiger partial charge in [-0.1, -0.05) is 28.1 Å². The molecule has 0 aliphatic carbocycles. The van der Waals surface area contributed by atoms with Crippen molar-refractivity contribution in [2.75, 3.05) is 12.1 Å². The Morgan fingerprint density at radius 1 is 1.18 bits per heavy atom. The van der Waals surface area contributed by atoms with Crippen LogP contribution in [0.2, 0.25) is 0 Å². The molecule has 1 fully saturated rings. The molecular formula is C16H16BrN3OS. The average molecular weight is 378 g/mol. The van der Waals surface area contributed by atoms with Gasteiger partial charge in [0.05, 0.1) is 12.8 Å². The lowest BCUT2D eigenvalue weighted by Crippen LogP contribution is -2.45. The number of nitrogens with zero attached hydrogens (tertiary/aromatic N) is 1. The fraction of sp³-hybridized carbons (Fsp3) is 0.188. The van der Waals surface area contributed by atoms with Gasteiger partial charge < -0.3 is 10.1 Å². The number of rotatable bonds is 3. The first-order valence-corrected chi connectivity index (χ1v) is 8.02. The molecule has 2 aromatic rings. The highest BCUT2D eigenvalue weighted by atomic mass is 79.9. The third-order valence-corrected chi connectivity index (χ3v) is 4.44. The van der Waals surface area contributed by atoms with Crippen molar-refractivity contribution in [2.45, 2.75) is 12.6 Å². The number of methoxy groups -OCH3 is 1. The zero-order chi connectivity index (χ0) is 15.7. The van der Waals surface area contributed by atoms with Crippen LogP contribution in [0.4, 0.5) is 5.69 Å². The Morgan fingerprint density at radius 2 is 1.91 bits per heavy atom. The number of anilines is 1. The lowest BCUT2D eigenvalue weighted by molar-refractivity contribution is 0.381. The van der Waals surface area contributed by atoms with E-state index < -0.39 is 5.66 Å². The second kappa shape index (κ2) is 5.87. The molecule has 6 heteroatoms. The molecule has 114 valence electrons. The quantitative estimate of drug-likeness (QED) is 0.800. The highest BCUT2D eigenvalue weighted by Gasteiger charge is 2.38. The van der Waals surface area contributed by atoms with Crippen molar-refractivity contribution in [1.82, 2.24) is 10.7 Å².